The molecule has 5 rings (SSSR count). The van der Waals surface area contributed by atoms with Gasteiger partial charge in [-0.3, -0.25) is 10.6 Å². The average molecular weight is 534 g/mol. The number of nitrogens with zero attached hydrogens (tertiary/aromatic N) is 6. The summed E-state index contributed by atoms with van der Waals surface area (Å²) in [6.07, 6.45) is 7.23. The molecule has 38 heavy (non-hydrogen) atoms. The van der Waals surface area contributed by atoms with E-state index in [-0.39, 0.29) is 11.9 Å². The van der Waals surface area contributed by atoms with Crippen LogP contribution in [0.25, 0.3) is 16.8 Å². The number of anilines is 4. The highest BCUT2D eigenvalue weighted by molar-refractivity contribution is 6.33. The zero-order valence-electron chi connectivity index (χ0n) is 21.1. The number of benzene rings is 1. The Hall–Kier alpha value is -4.19. The molecule has 1 amide bonds. The summed E-state index contributed by atoms with van der Waals surface area (Å²) in [7, 11) is 3.44. The third-order valence-electron chi connectivity index (χ3n) is 6.51. The van der Waals surface area contributed by atoms with Crippen LogP contribution in [0.2, 0.25) is 5.02 Å². The molecule has 1 atom stereocenters. The second kappa shape index (κ2) is 10.7. The molecule has 11 nitrogen and oxygen atoms in total. The number of nitrogens with one attached hydrogen (secondary N) is 2. The quantitative estimate of drug-likeness (QED) is 0.176. The maximum Gasteiger partial charge on any atom is 0.247 e. The number of ether oxygens (including phenoxy) is 1. The maximum atomic E-state index is 12.3. The zero-order chi connectivity index (χ0) is 26.8. The Morgan fingerprint density at radius 2 is 2.16 bits per heavy atom. The molecule has 0 saturated carbocycles. The topological polar surface area (TPSA) is 126 Å². The molecule has 1 aromatic carbocycles. The molecule has 0 spiro atoms. The highest BCUT2D eigenvalue weighted by atomic mass is 35.5. The molecule has 4 aromatic rings. The number of nitrogens with two attached hydrogens (primary N) is 1. The standard InChI is InChI=1S/C26H28ClN9O2/c1-4-24(37)31-19-11-20(23(38-3)12-22(19)35-10-8-16(15-35)34(2)28)32-26-29-14-18(27)25(33-26)17-13-30-36-9-6-5-7-21(17)36/h4-7,9,11-14,16H,1,8,10,15,28H2,2-3H3,(H,31,37)(H,29,32,33). The van der Waals surface area contributed by atoms with Gasteiger partial charge < -0.3 is 20.3 Å². The molecule has 1 fully saturated rings. The van der Waals surface area contributed by atoms with Gasteiger partial charge in [-0.05, 0) is 30.7 Å². The molecule has 0 radical (unpaired) electrons. The van der Waals surface area contributed by atoms with Gasteiger partial charge in [-0.1, -0.05) is 24.2 Å². The Bertz CT molecular complexity index is 1500. The predicted octanol–water partition coefficient (Wildman–Crippen LogP) is 3.71. The minimum absolute atomic E-state index is 0.197. The number of likely N-dealkylation sites (N-methyl/N-ethyl adjacent to an activating group) is 1. The number of carbonyl (C=O) groups excluding carboxylic acids is 1. The van der Waals surface area contributed by atoms with Gasteiger partial charge in [-0.2, -0.15) is 5.10 Å². The van der Waals surface area contributed by atoms with E-state index in [2.05, 4.69) is 37.2 Å². The highest BCUT2D eigenvalue weighted by Crippen LogP contribution is 2.40. The van der Waals surface area contributed by atoms with Crippen LogP contribution in [-0.2, 0) is 4.79 Å². The number of hydrogen-bond donors (Lipinski definition) is 3. The summed E-state index contributed by atoms with van der Waals surface area (Å²) in [6, 6.07) is 9.63. The number of pyridine rings is 1. The summed E-state index contributed by atoms with van der Waals surface area (Å²) in [5.74, 6) is 6.52. The van der Waals surface area contributed by atoms with Crippen LogP contribution in [0.15, 0.2) is 61.6 Å². The van der Waals surface area contributed by atoms with Crippen LogP contribution in [0.5, 0.6) is 5.75 Å². The maximum absolute atomic E-state index is 12.3. The molecule has 1 aliphatic rings. The second-order valence-electron chi connectivity index (χ2n) is 8.92. The van der Waals surface area contributed by atoms with Crippen molar-refractivity contribution in [3.05, 3.63) is 66.6 Å². The molecule has 0 aliphatic carbocycles. The molecule has 4 N–H and O–H groups in total. The number of hydrogen-bond acceptors (Lipinski definition) is 9. The number of methoxy groups -OCH3 is 1. The lowest BCUT2D eigenvalue weighted by Crippen LogP contribution is -2.39. The van der Waals surface area contributed by atoms with Crippen LogP contribution in [0.4, 0.5) is 23.0 Å². The molecular formula is C26H28ClN9O2. The number of aromatic nitrogens is 4. The van der Waals surface area contributed by atoms with Crippen molar-refractivity contribution in [1.29, 1.82) is 0 Å². The van der Waals surface area contributed by atoms with E-state index in [1.807, 2.05) is 37.5 Å². The van der Waals surface area contributed by atoms with Crippen molar-refractivity contribution < 1.29 is 9.53 Å². The van der Waals surface area contributed by atoms with Crippen molar-refractivity contribution >= 4 is 46.0 Å². The number of halogens is 1. The SMILES string of the molecule is C=CC(=O)Nc1cc(Nc2ncc(Cl)c(-c3cnn4ccccc34)n2)c(OC)cc1N1CCC(N(C)N)C1. The largest absolute Gasteiger partial charge is 0.494 e. The minimum atomic E-state index is -0.327. The fraction of sp³-hybridized carbons (Fsp3) is 0.231. The van der Waals surface area contributed by atoms with Crippen LogP contribution < -0.4 is 26.1 Å². The van der Waals surface area contributed by atoms with Gasteiger partial charge in [0.1, 0.15) is 5.75 Å². The lowest BCUT2D eigenvalue weighted by molar-refractivity contribution is -0.111. The van der Waals surface area contributed by atoms with Crippen LogP contribution in [0.3, 0.4) is 0 Å². The Morgan fingerprint density at radius 3 is 2.89 bits per heavy atom. The molecule has 1 unspecified atom stereocenters. The van der Waals surface area contributed by atoms with E-state index in [0.717, 1.165) is 29.7 Å². The fourth-order valence-electron chi connectivity index (χ4n) is 4.53. The van der Waals surface area contributed by atoms with Gasteiger partial charge >= 0.3 is 0 Å². The number of amides is 1. The lowest BCUT2D eigenvalue weighted by atomic mass is 10.2. The molecule has 1 saturated heterocycles. The lowest BCUT2D eigenvalue weighted by Gasteiger charge is -2.25. The van der Waals surface area contributed by atoms with E-state index < -0.39 is 0 Å². The third kappa shape index (κ3) is 4.99. The normalized spacial score (nSPS) is 15.2. The summed E-state index contributed by atoms with van der Waals surface area (Å²) in [5.41, 5.74) is 4.15. The summed E-state index contributed by atoms with van der Waals surface area (Å²) in [6.45, 7) is 5.07. The van der Waals surface area contributed by atoms with Crippen LogP contribution in [0.1, 0.15) is 6.42 Å². The van der Waals surface area contributed by atoms with Gasteiger partial charge in [0.15, 0.2) is 0 Å². The monoisotopic (exact) mass is 533 g/mol. The van der Waals surface area contributed by atoms with Crippen molar-refractivity contribution in [2.45, 2.75) is 12.5 Å². The molecule has 4 heterocycles. The second-order valence-corrected chi connectivity index (χ2v) is 9.33. The minimum Gasteiger partial charge on any atom is -0.494 e. The van der Waals surface area contributed by atoms with E-state index in [9.17, 15) is 4.79 Å². The van der Waals surface area contributed by atoms with E-state index in [1.54, 1.807) is 28.9 Å². The van der Waals surface area contributed by atoms with Gasteiger partial charge in [0.25, 0.3) is 0 Å². The molecule has 12 heteroatoms. The average Bonchev–Trinajstić information content (AvgIpc) is 3.58. The zero-order valence-corrected chi connectivity index (χ0v) is 21.8. The Balaban J connectivity index is 1.52. The third-order valence-corrected chi connectivity index (χ3v) is 6.79. The number of hydrazine groups is 1. The fourth-order valence-corrected chi connectivity index (χ4v) is 4.72. The first-order valence-electron chi connectivity index (χ1n) is 12.0. The van der Waals surface area contributed by atoms with Gasteiger partial charge in [0.2, 0.25) is 11.9 Å². The first-order chi connectivity index (χ1) is 18.4. The molecular weight excluding hydrogens is 506 g/mol. The Morgan fingerprint density at radius 1 is 1.32 bits per heavy atom. The number of carbonyl (C=O) groups is 1. The smallest absolute Gasteiger partial charge is 0.247 e. The van der Waals surface area contributed by atoms with E-state index in [0.29, 0.717) is 40.3 Å². The van der Waals surface area contributed by atoms with Crippen LogP contribution in [0, 0.1) is 0 Å². The highest BCUT2D eigenvalue weighted by Gasteiger charge is 2.27. The summed E-state index contributed by atoms with van der Waals surface area (Å²) >= 11 is 6.49. The first-order valence-corrected chi connectivity index (χ1v) is 12.4. The van der Waals surface area contributed by atoms with Crippen molar-refractivity contribution in [3.8, 4) is 17.0 Å². The Labute approximate surface area is 224 Å². The molecule has 196 valence electrons. The number of fused-ring (bicyclic) bond motifs is 1. The first kappa shape index (κ1) is 25.5. The van der Waals surface area contributed by atoms with Crippen LogP contribution >= 0.6 is 11.6 Å². The van der Waals surface area contributed by atoms with E-state index in [1.165, 1.54) is 12.3 Å². The van der Waals surface area contributed by atoms with Crippen molar-refractivity contribution in [2.75, 3.05) is 42.8 Å². The van der Waals surface area contributed by atoms with Gasteiger partial charge in [-0.15, -0.1) is 0 Å². The van der Waals surface area contributed by atoms with E-state index >= 15 is 0 Å². The Kier molecular flexibility index (Phi) is 7.14. The van der Waals surface area contributed by atoms with Crippen molar-refractivity contribution in [1.82, 2.24) is 24.6 Å². The molecule has 0 bridgehead atoms. The van der Waals surface area contributed by atoms with Crippen molar-refractivity contribution in [3.63, 3.8) is 0 Å². The van der Waals surface area contributed by atoms with Crippen molar-refractivity contribution in [2.24, 2.45) is 5.84 Å². The van der Waals surface area contributed by atoms with E-state index in [4.69, 9.17) is 22.2 Å². The van der Waals surface area contributed by atoms with Gasteiger partial charge in [-0.25, -0.2) is 19.5 Å². The molecule has 3 aromatic heterocycles. The predicted molar refractivity (Wildman–Crippen MR) is 149 cm³/mol. The summed E-state index contributed by atoms with van der Waals surface area (Å²) < 4.78 is 7.46. The number of rotatable bonds is 8. The summed E-state index contributed by atoms with van der Waals surface area (Å²) in [5, 5.41) is 12.6. The molecule has 1 aliphatic heterocycles. The summed E-state index contributed by atoms with van der Waals surface area (Å²) in [4.78, 5) is 23.5. The van der Waals surface area contributed by atoms with Crippen LogP contribution in [-0.4, -0.2) is 63.8 Å². The van der Waals surface area contributed by atoms with Gasteiger partial charge in [0.05, 0.1) is 52.8 Å². The van der Waals surface area contributed by atoms with Gasteiger partial charge in [0, 0.05) is 44.0 Å².